The first-order valence-electron chi connectivity index (χ1n) is 10.6. The maximum atomic E-state index is 13.6. The molecule has 0 bridgehead atoms. The van der Waals surface area contributed by atoms with Crippen LogP contribution in [0.15, 0.2) is 52.2 Å². The Balaban J connectivity index is 1.76. The number of ether oxygens (including phenoxy) is 1. The molecule has 3 aromatic rings. The van der Waals surface area contributed by atoms with Crippen molar-refractivity contribution >= 4 is 20.9 Å². The van der Waals surface area contributed by atoms with E-state index in [1.54, 1.807) is 31.4 Å². The smallest absolute Gasteiger partial charge is 0.252 e. The average molecular weight is 441 g/mol. The van der Waals surface area contributed by atoms with Crippen LogP contribution in [0.4, 0.5) is 0 Å². The van der Waals surface area contributed by atoms with E-state index < -0.39 is 10.0 Å². The number of pyridine rings is 1. The summed E-state index contributed by atoms with van der Waals surface area (Å²) in [4.78, 5) is 16.1. The Kier molecular flexibility index (Phi) is 5.90. The van der Waals surface area contributed by atoms with Gasteiger partial charge in [0.1, 0.15) is 5.75 Å². The summed E-state index contributed by atoms with van der Waals surface area (Å²) in [7, 11) is -2.22. The van der Waals surface area contributed by atoms with Gasteiger partial charge >= 0.3 is 0 Å². The number of H-pyrrole nitrogens is 1. The zero-order chi connectivity index (χ0) is 22.2. The van der Waals surface area contributed by atoms with Gasteiger partial charge in [-0.2, -0.15) is 4.31 Å². The number of sulfonamides is 1. The van der Waals surface area contributed by atoms with Crippen molar-refractivity contribution in [1.29, 1.82) is 0 Å². The summed E-state index contributed by atoms with van der Waals surface area (Å²) in [6, 6.07) is 12.1. The van der Waals surface area contributed by atoms with Gasteiger partial charge in [0.15, 0.2) is 0 Å². The molecular weight excluding hydrogens is 412 g/mol. The number of hydrogen-bond donors (Lipinski definition) is 1. The van der Waals surface area contributed by atoms with E-state index in [2.05, 4.69) is 4.98 Å². The van der Waals surface area contributed by atoms with E-state index in [0.29, 0.717) is 11.3 Å². The van der Waals surface area contributed by atoms with Crippen LogP contribution in [-0.4, -0.2) is 30.9 Å². The summed E-state index contributed by atoms with van der Waals surface area (Å²) in [5, 5.41) is 0.908. The normalized spacial score (nSPS) is 15.1. The van der Waals surface area contributed by atoms with E-state index in [1.807, 2.05) is 32.0 Å². The third kappa shape index (κ3) is 4.12. The van der Waals surface area contributed by atoms with Crippen molar-refractivity contribution in [3.05, 3.63) is 69.5 Å². The van der Waals surface area contributed by atoms with Crippen LogP contribution in [0.3, 0.4) is 0 Å². The van der Waals surface area contributed by atoms with Crippen LogP contribution in [0.2, 0.25) is 0 Å². The monoisotopic (exact) mass is 440 g/mol. The lowest BCUT2D eigenvalue weighted by molar-refractivity contribution is 0.315. The number of aromatic amines is 1. The van der Waals surface area contributed by atoms with E-state index in [0.717, 1.165) is 47.7 Å². The molecule has 6 nitrogen and oxygen atoms in total. The van der Waals surface area contributed by atoms with Crippen LogP contribution in [0.5, 0.6) is 5.75 Å². The van der Waals surface area contributed by atoms with Gasteiger partial charge in [0.05, 0.1) is 17.5 Å². The lowest BCUT2D eigenvalue weighted by Crippen LogP contribution is -2.39. The highest BCUT2D eigenvalue weighted by molar-refractivity contribution is 7.89. The fourth-order valence-corrected chi connectivity index (χ4v) is 6.00. The van der Waals surface area contributed by atoms with Crippen molar-refractivity contribution in [2.45, 2.75) is 57.0 Å². The molecule has 2 aromatic carbocycles. The SMILES string of the molecule is COc1ccc(S(=O)(=O)N(Cc2cc3ccc(C)c(C)c3[nH]c2=O)C2CCCC2)cc1. The highest BCUT2D eigenvalue weighted by Gasteiger charge is 2.34. The summed E-state index contributed by atoms with van der Waals surface area (Å²) < 4.78 is 33.8. The highest BCUT2D eigenvalue weighted by atomic mass is 32.2. The molecule has 31 heavy (non-hydrogen) atoms. The van der Waals surface area contributed by atoms with Crippen molar-refractivity contribution in [3.8, 4) is 5.75 Å². The molecule has 4 rings (SSSR count). The lowest BCUT2D eigenvalue weighted by atomic mass is 10.0. The van der Waals surface area contributed by atoms with E-state index in [4.69, 9.17) is 4.74 Å². The molecule has 1 saturated carbocycles. The van der Waals surface area contributed by atoms with E-state index >= 15 is 0 Å². The minimum Gasteiger partial charge on any atom is -0.497 e. The molecule has 0 unspecified atom stereocenters. The number of hydrogen-bond acceptors (Lipinski definition) is 4. The van der Waals surface area contributed by atoms with Crippen molar-refractivity contribution < 1.29 is 13.2 Å². The molecule has 1 aliphatic carbocycles. The van der Waals surface area contributed by atoms with Crippen LogP contribution >= 0.6 is 0 Å². The number of rotatable bonds is 6. The van der Waals surface area contributed by atoms with Crippen molar-refractivity contribution in [2.24, 2.45) is 0 Å². The first-order valence-corrected chi connectivity index (χ1v) is 12.0. The van der Waals surface area contributed by atoms with Gasteiger partial charge in [-0.3, -0.25) is 4.79 Å². The third-order valence-corrected chi connectivity index (χ3v) is 8.26. The molecule has 1 aromatic heterocycles. The van der Waals surface area contributed by atoms with E-state index in [9.17, 15) is 13.2 Å². The average Bonchev–Trinajstić information content (AvgIpc) is 3.29. The molecule has 1 fully saturated rings. The molecule has 0 atom stereocenters. The molecule has 1 N–H and O–H groups in total. The van der Waals surface area contributed by atoms with Crippen LogP contribution in [0.1, 0.15) is 42.4 Å². The molecule has 0 aliphatic heterocycles. The van der Waals surface area contributed by atoms with Crippen LogP contribution < -0.4 is 10.3 Å². The number of methoxy groups -OCH3 is 1. The fraction of sp³-hybridized carbons (Fsp3) is 0.375. The fourth-order valence-electron chi connectivity index (χ4n) is 4.34. The van der Waals surface area contributed by atoms with Crippen LogP contribution in [0, 0.1) is 13.8 Å². The number of nitrogens with one attached hydrogen (secondary N) is 1. The maximum Gasteiger partial charge on any atom is 0.252 e. The van der Waals surface area contributed by atoms with E-state index in [-0.39, 0.29) is 23.0 Å². The molecule has 1 aliphatic rings. The first kappa shape index (κ1) is 21.6. The Bertz CT molecular complexity index is 1260. The minimum atomic E-state index is -3.77. The standard InChI is InChI=1S/C24H28N2O4S/c1-16-8-9-18-14-19(24(27)25-23(18)17(16)2)15-26(20-6-4-5-7-20)31(28,29)22-12-10-21(30-3)11-13-22/h8-14,20H,4-7,15H2,1-3H3,(H,25,27). The summed E-state index contributed by atoms with van der Waals surface area (Å²) in [6.07, 6.45) is 3.59. The quantitative estimate of drug-likeness (QED) is 0.620. The van der Waals surface area contributed by atoms with Gasteiger partial charge in [0.25, 0.3) is 5.56 Å². The molecule has 0 radical (unpaired) electrons. The van der Waals surface area contributed by atoms with Crippen LogP contribution in [-0.2, 0) is 16.6 Å². The molecule has 1 heterocycles. The molecule has 0 spiro atoms. The van der Waals surface area contributed by atoms with Gasteiger partial charge < -0.3 is 9.72 Å². The predicted octanol–water partition coefficient (Wildman–Crippen LogP) is 4.29. The van der Waals surface area contributed by atoms with Gasteiger partial charge in [0, 0.05) is 18.2 Å². The summed E-state index contributed by atoms with van der Waals surface area (Å²) in [5.41, 5.74) is 3.15. The Labute approximate surface area is 182 Å². The molecular formula is C24H28N2O4S. The van der Waals surface area contributed by atoms with Gasteiger partial charge in [0.2, 0.25) is 10.0 Å². The Morgan fingerprint density at radius 1 is 1.06 bits per heavy atom. The van der Waals surface area contributed by atoms with Crippen molar-refractivity contribution in [3.63, 3.8) is 0 Å². The van der Waals surface area contributed by atoms with Crippen LogP contribution in [0.25, 0.3) is 10.9 Å². The zero-order valence-corrected chi connectivity index (χ0v) is 19.0. The summed E-state index contributed by atoms with van der Waals surface area (Å²) >= 11 is 0. The second-order valence-corrected chi connectivity index (χ2v) is 10.2. The van der Waals surface area contributed by atoms with E-state index in [1.165, 1.54) is 4.31 Å². The highest BCUT2D eigenvalue weighted by Crippen LogP contribution is 2.31. The Morgan fingerprint density at radius 2 is 1.74 bits per heavy atom. The molecule has 0 amide bonds. The number of fused-ring (bicyclic) bond motifs is 1. The van der Waals surface area contributed by atoms with Gasteiger partial charge in [-0.15, -0.1) is 0 Å². The Morgan fingerprint density at radius 3 is 2.39 bits per heavy atom. The Hall–Kier alpha value is -2.64. The summed E-state index contributed by atoms with van der Waals surface area (Å²) in [6.45, 7) is 4.04. The zero-order valence-electron chi connectivity index (χ0n) is 18.1. The van der Waals surface area contributed by atoms with Gasteiger partial charge in [-0.05, 0) is 73.5 Å². The van der Waals surface area contributed by atoms with Crippen molar-refractivity contribution in [2.75, 3.05) is 7.11 Å². The minimum absolute atomic E-state index is 0.0528. The lowest BCUT2D eigenvalue weighted by Gasteiger charge is -2.28. The predicted molar refractivity (Wildman–Crippen MR) is 122 cm³/mol. The van der Waals surface area contributed by atoms with Gasteiger partial charge in [-0.25, -0.2) is 8.42 Å². The topological polar surface area (TPSA) is 79.5 Å². The molecule has 0 saturated heterocycles. The number of nitrogens with zero attached hydrogens (tertiary/aromatic N) is 1. The number of aryl methyl sites for hydroxylation is 2. The summed E-state index contributed by atoms with van der Waals surface area (Å²) in [5.74, 6) is 0.600. The number of aromatic nitrogens is 1. The van der Waals surface area contributed by atoms with Crippen molar-refractivity contribution in [1.82, 2.24) is 9.29 Å². The maximum absolute atomic E-state index is 13.6. The largest absolute Gasteiger partial charge is 0.497 e. The second kappa shape index (κ2) is 8.48. The number of benzene rings is 2. The second-order valence-electron chi connectivity index (χ2n) is 8.26. The molecule has 7 heteroatoms. The third-order valence-electron chi connectivity index (χ3n) is 6.35. The first-order chi connectivity index (χ1) is 14.8. The van der Waals surface area contributed by atoms with Gasteiger partial charge in [-0.1, -0.05) is 25.0 Å². The molecule has 164 valence electrons.